The van der Waals surface area contributed by atoms with Crippen molar-refractivity contribution in [2.75, 3.05) is 6.54 Å². The van der Waals surface area contributed by atoms with Crippen LogP contribution in [0.2, 0.25) is 0 Å². The molecule has 1 heterocycles. The molecule has 0 aromatic carbocycles. The van der Waals surface area contributed by atoms with Crippen molar-refractivity contribution in [3.63, 3.8) is 0 Å². The van der Waals surface area contributed by atoms with E-state index in [4.69, 9.17) is 5.73 Å². The molecule has 1 saturated carbocycles. The third-order valence-electron chi connectivity index (χ3n) is 4.01. The van der Waals surface area contributed by atoms with Gasteiger partial charge in [-0.2, -0.15) is 18.3 Å². The van der Waals surface area contributed by atoms with Crippen molar-refractivity contribution in [1.82, 2.24) is 15.1 Å². The molecule has 118 valence electrons. The molecule has 21 heavy (non-hydrogen) atoms. The van der Waals surface area contributed by atoms with E-state index in [0.717, 1.165) is 12.4 Å². The van der Waals surface area contributed by atoms with Crippen LogP contribution < -0.4 is 11.1 Å². The Bertz CT molecular complexity index is 510. The van der Waals surface area contributed by atoms with E-state index in [9.17, 15) is 18.0 Å². The molecule has 1 aromatic rings. The Kier molecular flexibility index (Phi) is 4.27. The van der Waals surface area contributed by atoms with Gasteiger partial charge in [-0.15, -0.1) is 0 Å². The van der Waals surface area contributed by atoms with Crippen LogP contribution in [-0.4, -0.2) is 27.8 Å². The molecule has 0 spiro atoms. The molecule has 3 N–H and O–H groups in total. The number of primary amides is 1. The van der Waals surface area contributed by atoms with Crippen LogP contribution in [0, 0.1) is 0 Å². The first-order valence-electron chi connectivity index (χ1n) is 6.95. The lowest BCUT2D eigenvalue weighted by Gasteiger charge is -2.39. The molecule has 0 radical (unpaired) electrons. The summed E-state index contributed by atoms with van der Waals surface area (Å²) >= 11 is 0. The number of halogens is 3. The average molecular weight is 304 g/mol. The molecule has 1 aliphatic rings. The maximum absolute atomic E-state index is 12.6. The van der Waals surface area contributed by atoms with E-state index in [0.29, 0.717) is 32.2 Å². The molecule has 2 atom stereocenters. The van der Waals surface area contributed by atoms with E-state index in [1.54, 1.807) is 0 Å². The van der Waals surface area contributed by atoms with Gasteiger partial charge in [0.05, 0.1) is 23.3 Å². The van der Waals surface area contributed by atoms with E-state index >= 15 is 0 Å². The van der Waals surface area contributed by atoms with Crippen LogP contribution >= 0.6 is 0 Å². The first-order valence-corrected chi connectivity index (χ1v) is 6.95. The Morgan fingerprint density at radius 3 is 2.86 bits per heavy atom. The van der Waals surface area contributed by atoms with Gasteiger partial charge in [-0.05, 0) is 32.2 Å². The van der Waals surface area contributed by atoms with Crippen molar-refractivity contribution >= 4 is 5.91 Å². The molecule has 1 aliphatic carbocycles. The minimum atomic E-state index is -4.41. The highest BCUT2D eigenvalue weighted by Gasteiger charge is 2.42. The van der Waals surface area contributed by atoms with Crippen molar-refractivity contribution < 1.29 is 18.0 Å². The number of likely N-dealkylation sites (N-methyl/N-ethyl adjacent to an activating group) is 1. The zero-order chi connectivity index (χ0) is 15.7. The summed E-state index contributed by atoms with van der Waals surface area (Å²) in [5.74, 6) is -0.461. The molecule has 0 bridgehead atoms. The molecule has 8 heteroatoms. The number of hydrogen-bond donors (Lipinski definition) is 2. The summed E-state index contributed by atoms with van der Waals surface area (Å²) in [6.45, 7) is 2.44. The highest BCUT2D eigenvalue weighted by Crippen LogP contribution is 2.36. The number of nitrogens with one attached hydrogen (secondary N) is 1. The molecule has 2 rings (SSSR count). The molecular formula is C13H19F3N4O. The normalized spacial score (nSPS) is 26.8. The second kappa shape index (κ2) is 5.67. The number of alkyl halides is 3. The van der Waals surface area contributed by atoms with Gasteiger partial charge >= 0.3 is 6.18 Å². The van der Waals surface area contributed by atoms with E-state index in [-0.39, 0.29) is 6.04 Å². The number of aromatic nitrogens is 2. The van der Waals surface area contributed by atoms with Crippen LogP contribution in [0.15, 0.2) is 12.4 Å². The fourth-order valence-electron chi connectivity index (χ4n) is 2.97. The van der Waals surface area contributed by atoms with Gasteiger partial charge in [0.1, 0.15) is 0 Å². The third kappa shape index (κ3) is 3.20. The Balaban J connectivity index is 2.21. The van der Waals surface area contributed by atoms with Crippen molar-refractivity contribution in [2.24, 2.45) is 5.73 Å². The lowest BCUT2D eigenvalue weighted by atomic mass is 9.78. The number of hydrogen-bond acceptors (Lipinski definition) is 3. The van der Waals surface area contributed by atoms with Crippen LogP contribution in [0.5, 0.6) is 0 Å². The van der Waals surface area contributed by atoms with Crippen molar-refractivity contribution in [2.45, 2.75) is 50.4 Å². The average Bonchev–Trinajstić information content (AvgIpc) is 2.88. The van der Waals surface area contributed by atoms with Crippen molar-refractivity contribution in [3.05, 3.63) is 18.0 Å². The molecule has 5 nitrogen and oxygen atoms in total. The number of nitrogens with zero attached hydrogens (tertiary/aromatic N) is 2. The van der Waals surface area contributed by atoms with Crippen LogP contribution in [-0.2, 0) is 11.0 Å². The predicted molar refractivity (Wildman–Crippen MR) is 70.3 cm³/mol. The first-order chi connectivity index (χ1) is 9.78. The first kappa shape index (κ1) is 15.8. The SMILES string of the molecule is CCNC1(C(N)=O)CCCC(n2cc(C(F)(F)F)cn2)C1. The number of amides is 1. The summed E-state index contributed by atoms with van der Waals surface area (Å²) in [6.07, 6.45) is -0.257. The second-order valence-corrected chi connectivity index (χ2v) is 5.43. The topological polar surface area (TPSA) is 72.9 Å². The fraction of sp³-hybridized carbons (Fsp3) is 0.692. The number of nitrogens with two attached hydrogens (primary N) is 1. The minimum Gasteiger partial charge on any atom is -0.368 e. The van der Waals surface area contributed by atoms with E-state index < -0.39 is 23.2 Å². The van der Waals surface area contributed by atoms with E-state index in [2.05, 4.69) is 10.4 Å². The monoisotopic (exact) mass is 304 g/mol. The highest BCUT2D eigenvalue weighted by atomic mass is 19.4. The van der Waals surface area contributed by atoms with Crippen LogP contribution in [0.4, 0.5) is 13.2 Å². The molecular weight excluding hydrogens is 285 g/mol. The lowest BCUT2D eigenvalue weighted by Crippen LogP contribution is -2.57. The van der Waals surface area contributed by atoms with Crippen LogP contribution in [0.25, 0.3) is 0 Å². The van der Waals surface area contributed by atoms with E-state index in [1.165, 1.54) is 4.68 Å². The molecule has 1 fully saturated rings. The summed E-state index contributed by atoms with van der Waals surface area (Å²) in [5, 5.41) is 6.90. The summed E-state index contributed by atoms with van der Waals surface area (Å²) in [6, 6.07) is -0.263. The maximum Gasteiger partial charge on any atom is 0.419 e. The van der Waals surface area contributed by atoms with Gasteiger partial charge in [-0.25, -0.2) is 0 Å². The largest absolute Gasteiger partial charge is 0.419 e. The Labute approximate surface area is 120 Å². The Morgan fingerprint density at radius 1 is 1.62 bits per heavy atom. The number of carbonyl (C=O) groups is 1. The Hall–Kier alpha value is -1.57. The summed E-state index contributed by atoms with van der Waals surface area (Å²) in [4.78, 5) is 11.8. The van der Waals surface area contributed by atoms with Crippen molar-refractivity contribution in [1.29, 1.82) is 0 Å². The quantitative estimate of drug-likeness (QED) is 0.891. The zero-order valence-corrected chi connectivity index (χ0v) is 11.8. The summed E-state index contributed by atoms with van der Waals surface area (Å²) < 4.78 is 39.2. The summed E-state index contributed by atoms with van der Waals surface area (Å²) in [7, 11) is 0. The second-order valence-electron chi connectivity index (χ2n) is 5.43. The fourth-order valence-corrected chi connectivity index (χ4v) is 2.97. The molecule has 2 unspecified atom stereocenters. The van der Waals surface area contributed by atoms with Gasteiger partial charge in [0.2, 0.25) is 5.91 Å². The van der Waals surface area contributed by atoms with Crippen LogP contribution in [0.3, 0.4) is 0 Å². The maximum atomic E-state index is 12.6. The highest BCUT2D eigenvalue weighted by molar-refractivity contribution is 5.84. The van der Waals surface area contributed by atoms with Gasteiger partial charge in [-0.3, -0.25) is 9.48 Å². The zero-order valence-electron chi connectivity index (χ0n) is 11.8. The van der Waals surface area contributed by atoms with Gasteiger partial charge in [0, 0.05) is 6.20 Å². The third-order valence-corrected chi connectivity index (χ3v) is 4.01. The Morgan fingerprint density at radius 2 is 2.33 bits per heavy atom. The smallest absolute Gasteiger partial charge is 0.368 e. The van der Waals surface area contributed by atoms with Crippen LogP contribution in [0.1, 0.15) is 44.2 Å². The molecule has 1 amide bonds. The lowest BCUT2D eigenvalue weighted by molar-refractivity contribution is -0.137. The number of rotatable bonds is 4. The molecule has 0 saturated heterocycles. The standard InChI is InChI=1S/C13H19F3N4O/c1-2-18-12(11(17)21)5-3-4-10(6-12)20-8-9(7-19-20)13(14,15)16/h7-8,10,18H,2-6H2,1H3,(H2,17,21). The van der Waals surface area contributed by atoms with E-state index in [1.807, 2.05) is 6.92 Å². The van der Waals surface area contributed by atoms with Gasteiger partial charge in [0.25, 0.3) is 0 Å². The minimum absolute atomic E-state index is 0.263. The summed E-state index contributed by atoms with van der Waals surface area (Å²) in [5.41, 5.74) is 3.86. The van der Waals surface area contributed by atoms with Crippen molar-refractivity contribution in [3.8, 4) is 0 Å². The van der Waals surface area contributed by atoms with Gasteiger partial charge in [0.15, 0.2) is 0 Å². The predicted octanol–water partition coefficient (Wildman–Crippen LogP) is 1.85. The molecule has 0 aliphatic heterocycles. The number of carbonyl (C=O) groups excluding carboxylic acids is 1. The van der Waals surface area contributed by atoms with Gasteiger partial charge < -0.3 is 11.1 Å². The molecule has 1 aromatic heterocycles. The van der Waals surface area contributed by atoms with Gasteiger partial charge in [-0.1, -0.05) is 6.92 Å².